The number of rotatable bonds is 6. The lowest BCUT2D eigenvalue weighted by molar-refractivity contribution is -0.132. The van der Waals surface area contributed by atoms with Crippen LogP contribution in [0.5, 0.6) is 11.5 Å². The van der Waals surface area contributed by atoms with Gasteiger partial charge in [-0.15, -0.1) is 10.2 Å². The highest BCUT2D eigenvalue weighted by Gasteiger charge is 2.28. The number of ether oxygens (including phenoxy) is 2. The van der Waals surface area contributed by atoms with Gasteiger partial charge >= 0.3 is 0 Å². The lowest BCUT2D eigenvalue weighted by atomic mass is 10.1. The zero-order valence-corrected chi connectivity index (χ0v) is 20.8. The predicted molar refractivity (Wildman–Crippen MR) is 135 cm³/mol. The largest absolute Gasteiger partial charge is 0.454 e. The van der Waals surface area contributed by atoms with Crippen LogP contribution >= 0.6 is 0 Å². The lowest BCUT2D eigenvalue weighted by Gasteiger charge is -2.36. The number of carbonyl (C=O) groups is 2. The predicted octanol–water partition coefficient (Wildman–Crippen LogP) is 3.21. The monoisotopic (exact) mass is 505 g/mol. The third-order valence-corrected chi connectivity index (χ3v) is 6.56. The normalized spacial score (nSPS) is 14.7. The number of fused-ring (bicyclic) bond motifs is 1. The van der Waals surface area contributed by atoms with Crippen LogP contribution in [-0.2, 0) is 4.79 Å². The number of halogens is 1. The van der Waals surface area contributed by atoms with Gasteiger partial charge < -0.3 is 24.2 Å². The van der Waals surface area contributed by atoms with Crippen molar-refractivity contribution >= 4 is 17.6 Å². The highest BCUT2D eigenvalue weighted by molar-refractivity contribution is 5.97. The van der Waals surface area contributed by atoms with E-state index in [4.69, 9.17) is 9.47 Å². The maximum Gasteiger partial charge on any atom is 0.254 e. The SMILES string of the molecule is CC(C)N(CC(=O)N1CCN(c2ccc(-c3ccc(F)cc3)nn2)CC1)C(=O)c1ccc2c(c1)OCO2. The van der Waals surface area contributed by atoms with Gasteiger partial charge in [-0.1, -0.05) is 0 Å². The van der Waals surface area contributed by atoms with Gasteiger partial charge in [0.15, 0.2) is 17.3 Å². The van der Waals surface area contributed by atoms with E-state index in [1.54, 1.807) is 40.1 Å². The molecule has 0 unspecified atom stereocenters. The smallest absolute Gasteiger partial charge is 0.254 e. The molecule has 2 amide bonds. The molecule has 2 aliphatic heterocycles. The summed E-state index contributed by atoms with van der Waals surface area (Å²) in [6, 6.07) is 14.8. The number of piperazine rings is 1. The van der Waals surface area contributed by atoms with Crippen molar-refractivity contribution in [3.8, 4) is 22.8 Å². The van der Waals surface area contributed by atoms with Crippen molar-refractivity contribution in [2.75, 3.05) is 44.4 Å². The van der Waals surface area contributed by atoms with E-state index >= 15 is 0 Å². The van der Waals surface area contributed by atoms with Crippen LogP contribution in [0, 0.1) is 5.82 Å². The number of aromatic nitrogens is 2. The summed E-state index contributed by atoms with van der Waals surface area (Å²) < 4.78 is 23.9. The highest BCUT2D eigenvalue weighted by Crippen LogP contribution is 2.33. The van der Waals surface area contributed by atoms with E-state index in [1.165, 1.54) is 12.1 Å². The van der Waals surface area contributed by atoms with E-state index in [1.807, 2.05) is 26.0 Å². The van der Waals surface area contributed by atoms with Crippen LogP contribution in [-0.4, -0.2) is 77.4 Å². The molecule has 10 heteroatoms. The Balaban J connectivity index is 1.18. The molecule has 1 saturated heterocycles. The van der Waals surface area contributed by atoms with Gasteiger partial charge in [0, 0.05) is 43.3 Å². The Hall–Kier alpha value is -4.21. The number of hydrogen-bond donors (Lipinski definition) is 0. The van der Waals surface area contributed by atoms with Crippen LogP contribution in [0.4, 0.5) is 10.2 Å². The molecule has 9 nitrogen and oxygen atoms in total. The second kappa shape index (κ2) is 10.4. The molecule has 1 aromatic heterocycles. The van der Waals surface area contributed by atoms with Crippen molar-refractivity contribution < 1.29 is 23.5 Å². The minimum absolute atomic E-state index is 0.00286. The van der Waals surface area contributed by atoms with Crippen LogP contribution in [0.2, 0.25) is 0 Å². The fourth-order valence-electron chi connectivity index (χ4n) is 4.38. The molecule has 0 atom stereocenters. The number of nitrogens with zero attached hydrogens (tertiary/aromatic N) is 5. The Bertz CT molecular complexity index is 1270. The van der Waals surface area contributed by atoms with Crippen molar-refractivity contribution in [2.24, 2.45) is 0 Å². The van der Waals surface area contributed by atoms with Crippen molar-refractivity contribution in [1.29, 1.82) is 0 Å². The fraction of sp³-hybridized carbons (Fsp3) is 0.333. The van der Waals surface area contributed by atoms with Crippen molar-refractivity contribution in [3.63, 3.8) is 0 Å². The van der Waals surface area contributed by atoms with Crippen LogP contribution in [0.15, 0.2) is 54.6 Å². The number of benzene rings is 2. The molecule has 2 aromatic carbocycles. The van der Waals surface area contributed by atoms with E-state index in [9.17, 15) is 14.0 Å². The molecule has 0 radical (unpaired) electrons. The van der Waals surface area contributed by atoms with Gasteiger partial charge in [0.05, 0.1) is 5.69 Å². The summed E-state index contributed by atoms with van der Waals surface area (Å²) in [5, 5.41) is 8.61. The Kier molecular flexibility index (Phi) is 6.89. The minimum atomic E-state index is -0.297. The Labute approximate surface area is 214 Å². The molecule has 0 saturated carbocycles. The summed E-state index contributed by atoms with van der Waals surface area (Å²) in [5.41, 5.74) is 1.91. The van der Waals surface area contributed by atoms with Crippen molar-refractivity contribution in [1.82, 2.24) is 20.0 Å². The maximum atomic E-state index is 13.2. The lowest BCUT2D eigenvalue weighted by Crippen LogP contribution is -2.53. The van der Waals surface area contributed by atoms with E-state index in [-0.39, 0.29) is 37.0 Å². The van der Waals surface area contributed by atoms with Gasteiger partial charge in [-0.3, -0.25) is 9.59 Å². The Morgan fingerprint density at radius 2 is 1.68 bits per heavy atom. The van der Waals surface area contributed by atoms with Crippen LogP contribution in [0.3, 0.4) is 0 Å². The van der Waals surface area contributed by atoms with Crippen LogP contribution < -0.4 is 14.4 Å². The third kappa shape index (κ3) is 5.32. The average molecular weight is 506 g/mol. The molecular formula is C27H28FN5O4. The minimum Gasteiger partial charge on any atom is -0.454 e. The molecule has 2 aliphatic rings. The van der Waals surface area contributed by atoms with Gasteiger partial charge in [0.1, 0.15) is 12.4 Å². The fourth-order valence-corrected chi connectivity index (χ4v) is 4.38. The third-order valence-electron chi connectivity index (χ3n) is 6.56. The molecule has 192 valence electrons. The standard InChI is InChI=1S/C27H28FN5O4/c1-18(2)33(27(35)20-5-9-23-24(15-20)37-17-36-23)16-26(34)32-13-11-31(12-14-32)25-10-8-22(29-30-25)19-3-6-21(28)7-4-19/h3-10,15,18H,11-14,16-17H2,1-2H3. The molecule has 0 spiro atoms. The zero-order valence-electron chi connectivity index (χ0n) is 20.8. The molecule has 1 fully saturated rings. The summed E-state index contributed by atoms with van der Waals surface area (Å²) in [6.45, 7) is 6.16. The summed E-state index contributed by atoms with van der Waals surface area (Å²) >= 11 is 0. The van der Waals surface area contributed by atoms with Gasteiger partial charge in [0.25, 0.3) is 5.91 Å². The summed E-state index contributed by atoms with van der Waals surface area (Å²) in [5.74, 6) is 1.24. The molecular weight excluding hydrogens is 477 g/mol. The van der Waals surface area contributed by atoms with E-state index in [2.05, 4.69) is 15.1 Å². The molecule has 5 rings (SSSR count). The Morgan fingerprint density at radius 3 is 2.35 bits per heavy atom. The van der Waals surface area contributed by atoms with Crippen molar-refractivity contribution in [2.45, 2.75) is 19.9 Å². The summed E-state index contributed by atoms with van der Waals surface area (Å²) in [6.07, 6.45) is 0. The first-order valence-electron chi connectivity index (χ1n) is 12.2. The van der Waals surface area contributed by atoms with Crippen LogP contribution in [0.25, 0.3) is 11.3 Å². The molecule has 37 heavy (non-hydrogen) atoms. The van der Waals surface area contributed by atoms with E-state index in [0.717, 1.165) is 11.4 Å². The summed E-state index contributed by atoms with van der Waals surface area (Å²) in [4.78, 5) is 31.7. The highest BCUT2D eigenvalue weighted by atomic mass is 19.1. The van der Waals surface area contributed by atoms with Gasteiger partial charge in [0.2, 0.25) is 12.7 Å². The number of anilines is 1. The molecule has 3 heterocycles. The molecule has 0 aliphatic carbocycles. The quantitative estimate of drug-likeness (QED) is 0.508. The number of amides is 2. The molecule has 0 N–H and O–H groups in total. The first-order chi connectivity index (χ1) is 17.9. The number of carbonyl (C=O) groups excluding carboxylic acids is 2. The average Bonchev–Trinajstić information content (AvgIpc) is 3.40. The molecule has 0 bridgehead atoms. The first kappa shape index (κ1) is 24.5. The van der Waals surface area contributed by atoms with Crippen LogP contribution in [0.1, 0.15) is 24.2 Å². The van der Waals surface area contributed by atoms with Gasteiger partial charge in [-0.25, -0.2) is 4.39 Å². The number of hydrogen-bond acceptors (Lipinski definition) is 7. The van der Waals surface area contributed by atoms with E-state index in [0.29, 0.717) is 48.9 Å². The second-order valence-electron chi connectivity index (χ2n) is 9.25. The molecule has 3 aromatic rings. The van der Waals surface area contributed by atoms with Gasteiger partial charge in [-0.05, 0) is 68.4 Å². The summed E-state index contributed by atoms with van der Waals surface area (Å²) in [7, 11) is 0. The second-order valence-corrected chi connectivity index (χ2v) is 9.25. The van der Waals surface area contributed by atoms with E-state index < -0.39 is 0 Å². The zero-order chi connectivity index (χ0) is 25.9. The van der Waals surface area contributed by atoms with Crippen molar-refractivity contribution in [3.05, 3.63) is 66.0 Å². The first-order valence-corrected chi connectivity index (χ1v) is 12.2. The van der Waals surface area contributed by atoms with Gasteiger partial charge in [-0.2, -0.15) is 0 Å². The maximum absolute atomic E-state index is 13.2. The Morgan fingerprint density at radius 1 is 0.946 bits per heavy atom. The topological polar surface area (TPSA) is 88.1 Å².